The van der Waals surface area contributed by atoms with Gasteiger partial charge in [0.25, 0.3) is 0 Å². The number of imidazole rings is 1. The van der Waals surface area contributed by atoms with E-state index in [1.165, 1.54) is 30.3 Å². The summed E-state index contributed by atoms with van der Waals surface area (Å²) in [7, 11) is -3.93. The third-order valence-corrected chi connectivity index (χ3v) is 8.78. The molecular weight excluding hydrogens is 453 g/mol. The standard InChI is InChI=1S/C23H23ClFN3O3S/c1-16-26-12-13-28(16)21-9-4-17(14-20(21)25)15-27-22(29)23(10-2-3-11-23)32(30,31)19-7-5-18(24)6-8-19/h4-9,12-14H,2-3,10-11,15H2,1H3,(H,27,29). The van der Waals surface area contributed by atoms with E-state index in [0.29, 0.717) is 34.9 Å². The summed E-state index contributed by atoms with van der Waals surface area (Å²) in [5.74, 6) is -0.359. The van der Waals surface area contributed by atoms with E-state index >= 15 is 0 Å². The number of carbonyl (C=O) groups is 1. The van der Waals surface area contributed by atoms with E-state index in [2.05, 4.69) is 10.3 Å². The van der Waals surface area contributed by atoms with Gasteiger partial charge >= 0.3 is 0 Å². The van der Waals surface area contributed by atoms with Crippen molar-refractivity contribution in [2.24, 2.45) is 0 Å². The molecule has 0 bridgehead atoms. The molecule has 32 heavy (non-hydrogen) atoms. The van der Waals surface area contributed by atoms with Gasteiger partial charge in [0.2, 0.25) is 5.91 Å². The number of nitrogens with one attached hydrogen (secondary N) is 1. The van der Waals surface area contributed by atoms with Gasteiger partial charge in [-0.25, -0.2) is 17.8 Å². The highest BCUT2D eigenvalue weighted by molar-refractivity contribution is 7.93. The van der Waals surface area contributed by atoms with Crippen molar-refractivity contribution >= 4 is 27.3 Å². The van der Waals surface area contributed by atoms with E-state index in [1.54, 1.807) is 36.0 Å². The summed E-state index contributed by atoms with van der Waals surface area (Å²) in [6, 6.07) is 10.5. The third kappa shape index (κ3) is 3.93. The summed E-state index contributed by atoms with van der Waals surface area (Å²) < 4.78 is 41.6. The fourth-order valence-electron chi connectivity index (χ4n) is 4.23. The number of nitrogens with zero attached hydrogens (tertiary/aromatic N) is 2. The van der Waals surface area contributed by atoms with Crippen LogP contribution in [-0.2, 0) is 21.2 Å². The molecule has 3 aromatic rings. The van der Waals surface area contributed by atoms with Crippen molar-refractivity contribution in [3.8, 4) is 5.69 Å². The number of aryl methyl sites for hydroxylation is 1. The van der Waals surface area contributed by atoms with Gasteiger partial charge in [-0.2, -0.15) is 0 Å². The van der Waals surface area contributed by atoms with Crippen molar-refractivity contribution in [2.45, 2.75) is 48.8 Å². The van der Waals surface area contributed by atoms with Crippen LogP contribution in [0.4, 0.5) is 4.39 Å². The Bertz CT molecular complexity index is 1250. The molecule has 1 heterocycles. The maximum atomic E-state index is 14.7. The first-order valence-electron chi connectivity index (χ1n) is 10.3. The van der Waals surface area contributed by atoms with Crippen LogP contribution >= 0.6 is 11.6 Å². The lowest BCUT2D eigenvalue weighted by molar-refractivity contribution is -0.123. The highest BCUT2D eigenvalue weighted by Gasteiger charge is 2.52. The van der Waals surface area contributed by atoms with E-state index in [-0.39, 0.29) is 24.3 Å². The maximum absolute atomic E-state index is 14.7. The Morgan fingerprint density at radius 3 is 2.47 bits per heavy atom. The van der Waals surface area contributed by atoms with Gasteiger partial charge in [0.1, 0.15) is 11.6 Å². The summed E-state index contributed by atoms with van der Waals surface area (Å²) in [6.45, 7) is 1.80. The second-order valence-corrected chi connectivity index (χ2v) is 10.7. The molecule has 1 aliphatic carbocycles. The Balaban J connectivity index is 1.55. The number of benzene rings is 2. The minimum absolute atomic E-state index is 0.0246. The third-order valence-electron chi connectivity index (χ3n) is 6.01. The maximum Gasteiger partial charge on any atom is 0.242 e. The Hall–Kier alpha value is -2.71. The lowest BCUT2D eigenvalue weighted by atomic mass is 10.1. The van der Waals surface area contributed by atoms with Gasteiger partial charge in [0.05, 0.1) is 10.6 Å². The van der Waals surface area contributed by atoms with Crippen LogP contribution in [0.5, 0.6) is 0 Å². The van der Waals surface area contributed by atoms with Crippen LogP contribution in [0.15, 0.2) is 59.8 Å². The van der Waals surface area contributed by atoms with Crippen LogP contribution in [0.25, 0.3) is 5.69 Å². The smallest absolute Gasteiger partial charge is 0.242 e. The molecule has 4 rings (SSSR count). The Labute approximate surface area is 191 Å². The van der Waals surface area contributed by atoms with Gasteiger partial charge in [0, 0.05) is 24.0 Å². The molecule has 1 aliphatic rings. The lowest BCUT2D eigenvalue weighted by Gasteiger charge is -2.27. The van der Waals surface area contributed by atoms with Crippen LogP contribution < -0.4 is 5.32 Å². The monoisotopic (exact) mass is 475 g/mol. The zero-order valence-electron chi connectivity index (χ0n) is 17.5. The molecule has 1 amide bonds. The largest absolute Gasteiger partial charge is 0.351 e. The van der Waals surface area contributed by atoms with E-state index in [0.717, 1.165) is 0 Å². The molecule has 0 unspecified atom stereocenters. The zero-order valence-corrected chi connectivity index (χ0v) is 19.1. The Kier molecular flexibility index (Phi) is 6.09. The summed E-state index contributed by atoms with van der Waals surface area (Å²) in [4.78, 5) is 17.4. The van der Waals surface area contributed by atoms with Crippen LogP contribution in [0.1, 0.15) is 37.1 Å². The molecule has 1 N–H and O–H groups in total. The number of carbonyl (C=O) groups excluding carboxylic acids is 1. The molecule has 0 radical (unpaired) electrons. The molecule has 0 saturated heterocycles. The topological polar surface area (TPSA) is 81.1 Å². The highest BCUT2D eigenvalue weighted by atomic mass is 35.5. The van der Waals surface area contributed by atoms with Crippen LogP contribution in [0.3, 0.4) is 0 Å². The number of sulfone groups is 1. The molecule has 168 valence electrons. The van der Waals surface area contributed by atoms with Crippen molar-refractivity contribution < 1.29 is 17.6 Å². The average molecular weight is 476 g/mol. The van der Waals surface area contributed by atoms with Crippen molar-refractivity contribution in [3.05, 3.63) is 77.1 Å². The number of halogens is 2. The zero-order chi connectivity index (χ0) is 22.9. The fraction of sp³-hybridized carbons (Fsp3) is 0.304. The Morgan fingerprint density at radius 1 is 1.19 bits per heavy atom. The quantitative estimate of drug-likeness (QED) is 0.573. The predicted octanol–water partition coefficient (Wildman–Crippen LogP) is 4.38. The molecule has 0 aliphatic heterocycles. The second kappa shape index (κ2) is 8.67. The minimum Gasteiger partial charge on any atom is -0.351 e. The van der Waals surface area contributed by atoms with Crippen molar-refractivity contribution in [2.75, 3.05) is 0 Å². The van der Waals surface area contributed by atoms with E-state index in [9.17, 15) is 17.6 Å². The summed E-state index contributed by atoms with van der Waals surface area (Å²) in [5.41, 5.74) is 0.891. The van der Waals surface area contributed by atoms with Crippen LogP contribution in [0, 0.1) is 12.7 Å². The van der Waals surface area contributed by atoms with Crippen molar-refractivity contribution in [1.29, 1.82) is 0 Å². The normalized spacial score (nSPS) is 15.6. The van der Waals surface area contributed by atoms with E-state index in [1.807, 2.05) is 0 Å². The number of hydrogen-bond donors (Lipinski definition) is 1. The first kappa shape index (κ1) is 22.5. The van der Waals surface area contributed by atoms with Gasteiger partial charge in [-0.1, -0.05) is 30.5 Å². The van der Waals surface area contributed by atoms with Gasteiger partial charge < -0.3 is 9.88 Å². The number of amides is 1. The molecule has 1 saturated carbocycles. The van der Waals surface area contributed by atoms with Crippen molar-refractivity contribution in [3.63, 3.8) is 0 Å². The fourth-order valence-corrected chi connectivity index (χ4v) is 6.45. The van der Waals surface area contributed by atoms with Gasteiger partial charge in [0.15, 0.2) is 14.6 Å². The summed E-state index contributed by atoms with van der Waals surface area (Å²) in [5, 5.41) is 3.15. The lowest BCUT2D eigenvalue weighted by Crippen LogP contribution is -2.50. The minimum atomic E-state index is -3.93. The molecule has 0 atom stereocenters. The Morgan fingerprint density at radius 2 is 1.88 bits per heavy atom. The van der Waals surface area contributed by atoms with Gasteiger partial charge in [-0.15, -0.1) is 0 Å². The van der Waals surface area contributed by atoms with Crippen LogP contribution in [0.2, 0.25) is 5.02 Å². The molecule has 2 aromatic carbocycles. The first-order valence-corrected chi connectivity index (χ1v) is 12.2. The van der Waals surface area contributed by atoms with E-state index < -0.39 is 26.3 Å². The summed E-state index contributed by atoms with van der Waals surface area (Å²) >= 11 is 5.89. The first-order chi connectivity index (χ1) is 15.2. The number of rotatable bonds is 6. The van der Waals surface area contributed by atoms with E-state index in [4.69, 9.17) is 11.6 Å². The predicted molar refractivity (Wildman–Crippen MR) is 120 cm³/mol. The summed E-state index contributed by atoms with van der Waals surface area (Å²) in [6.07, 6.45) is 5.04. The SMILES string of the molecule is Cc1nccn1-c1ccc(CNC(=O)C2(S(=O)(=O)c3ccc(Cl)cc3)CCCC2)cc1F. The highest BCUT2D eigenvalue weighted by Crippen LogP contribution is 2.41. The van der Waals surface area contributed by atoms with Crippen molar-refractivity contribution in [1.82, 2.24) is 14.9 Å². The van der Waals surface area contributed by atoms with Gasteiger partial charge in [-0.05, 0) is 61.7 Å². The number of aromatic nitrogens is 2. The van der Waals surface area contributed by atoms with Crippen LogP contribution in [-0.4, -0.2) is 28.6 Å². The molecular formula is C23H23ClFN3O3S. The average Bonchev–Trinajstić information content (AvgIpc) is 3.43. The molecule has 0 spiro atoms. The molecule has 9 heteroatoms. The van der Waals surface area contributed by atoms with Gasteiger partial charge in [-0.3, -0.25) is 4.79 Å². The molecule has 6 nitrogen and oxygen atoms in total. The molecule has 1 fully saturated rings. The molecule has 1 aromatic heterocycles. The number of hydrogen-bond acceptors (Lipinski definition) is 4. The second-order valence-electron chi connectivity index (χ2n) is 7.97.